The number of benzene rings is 1. The van der Waals surface area contributed by atoms with E-state index < -0.39 is 5.82 Å². The van der Waals surface area contributed by atoms with Crippen LogP contribution in [0, 0.1) is 24.1 Å². The molecule has 1 aromatic carbocycles. The summed E-state index contributed by atoms with van der Waals surface area (Å²) in [5.41, 5.74) is 1.83. The molecule has 1 aromatic heterocycles. The van der Waals surface area contributed by atoms with E-state index in [1.807, 2.05) is 28.8 Å². The predicted molar refractivity (Wildman–Crippen MR) is 80.0 cm³/mol. The molecule has 2 aromatic rings. The Morgan fingerprint density at radius 1 is 1.50 bits per heavy atom. The normalized spacial score (nSPS) is 18.2. The maximum atomic E-state index is 13.8. The molecular formula is C16H17FN4O. The standard InChI is InChI=1S/C16H17FN4O/c1-12-8-19-21(9-12)11-13-10-20(5-6-22-13)16-4-2-3-15(17)14(16)7-18/h2-4,8-9,13H,5-6,10-11H2,1H3/t13-/m0/s1. The summed E-state index contributed by atoms with van der Waals surface area (Å²) in [5.74, 6) is -0.481. The Balaban J connectivity index is 1.76. The molecule has 1 aliphatic heterocycles. The Bertz CT molecular complexity index is 706. The maximum absolute atomic E-state index is 13.8. The number of aryl methyl sites for hydroxylation is 1. The number of nitriles is 1. The summed E-state index contributed by atoms with van der Waals surface area (Å²) in [6, 6.07) is 6.68. The highest BCUT2D eigenvalue weighted by Crippen LogP contribution is 2.24. The first-order valence-electron chi connectivity index (χ1n) is 7.21. The summed E-state index contributed by atoms with van der Waals surface area (Å²) < 4.78 is 21.4. The van der Waals surface area contributed by atoms with Gasteiger partial charge in [0.25, 0.3) is 0 Å². The number of nitrogens with zero attached hydrogens (tertiary/aromatic N) is 4. The number of halogens is 1. The van der Waals surface area contributed by atoms with Crippen molar-refractivity contribution in [2.24, 2.45) is 0 Å². The Morgan fingerprint density at radius 2 is 2.36 bits per heavy atom. The molecule has 0 N–H and O–H groups in total. The molecule has 1 aliphatic rings. The average Bonchev–Trinajstić information content (AvgIpc) is 2.92. The van der Waals surface area contributed by atoms with E-state index in [1.165, 1.54) is 6.07 Å². The number of aromatic nitrogens is 2. The molecule has 0 saturated carbocycles. The van der Waals surface area contributed by atoms with Crippen molar-refractivity contribution < 1.29 is 9.13 Å². The van der Waals surface area contributed by atoms with Crippen LogP contribution in [0.25, 0.3) is 0 Å². The molecule has 6 heteroatoms. The second-order valence-corrected chi connectivity index (χ2v) is 5.42. The third-order valence-corrected chi connectivity index (χ3v) is 3.74. The molecule has 114 valence electrons. The quantitative estimate of drug-likeness (QED) is 0.871. The Kier molecular flexibility index (Phi) is 4.07. The molecule has 5 nitrogen and oxygen atoms in total. The number of morpholine rings is 1. The molecule has 0 spiro atoms. The lowest BCUT2D eigenvalue weighted by Crippen LogP contribution is -2.44. The number of rotatable bonds is 3. The van der Waals surface area contributed by atoms with Gasteiger partial charge in [0.2, 0.25) is 0 Å². The summed E-state index contributed by atoms with van der Waals surface area (Å²) >= 11 is 0. The van der Waals surface area contributed by atoms with Crippen LogP contribution in [0.1, 0.15) is 11.1 Å². The lowest BCUT2D eigenvalue weighted by Gasteiger charge is -2.35. The van der Waals surface area contributed by atoms with Crippen molar-refractivity contribution in [3.05, 3.63) is 47.5 Å². The van der Waals surface area contributed by atoms with Crippen molar-refractivity contribution in [3.63, 3.8) is 0 Å². The minimum absolute atomic E-state index is 0.0390. The minimum atomic E-state index is -0.481. The van der Waals surface area contributed by atoms with Crippen LogP contribution < -0.4 is 4.90 Å². The van der Waals surface area contributed by atoms with Crippen molar-refractivity contribution in [2.75, 3.05) is 24.6 Å². The summed E-state index contributed by atoms with van der Waals surface area (Å²) in [6.45, 7) is 4.43. The van der Waals surface area contributed by atoms with E-state index in [9.17, 15) is 9.65 Å². The number of hydrogen-bond acceptors (Lipinski definition) is 4. The van der Waals surface area contributed by atoms with Crippen LogP contribution in [-0.4, -0.2) is 35.6 Å². The van der Waals surface area contributed by atoms with Crippen molar-refractivity contribution in [1.82, 2.24) is 9.78 Å². The van der Waals surface area contributed by atoms with Crippen molar-refractivity contribution >= 4 is 5.69 Å². The zero-order valence-electron chi connectivity index (χ0n) is 12.4. The Labute approximate surface area is 128 Å². The zero-order valence-corrected chi connectivity index (χ0v) is 12.4. The fourth-order valence-corrected chi connectivity index (χ4v) is 2.71. The maximum Gasteiger partial charge on any atom is 0.143 e. The highest BCUT2D eigenvalue weighted by Gasteiger charge is 2.24. The molecule has 0 bridgehead atoms. The molecule has 2 heterocycles. The third kappa shape index (κ3) is 2.95. The van der Waals surface area contributed by atoms with Crippen molar-refractivity contribution in [3.8, 4) is 6.07 Å². The van der Waals surface area contributed by atoms with Gasteiger partial charge in [0.1, 0.15) is 17.4 Å². The topological polar surface area (TPSA) is 54.1 Å². The molecule has 0 amide bonds. The van der Waals surface area contributed by atoms with Gasteiger partial charge in [0.15, 0.2) is 0 Å². The van der Waals surface area contributed by atoms with Crippen LogP contribution in [-0.2, 0) is 11.3 Å². The van der Waals surface area contributed by atoms with Crippen molar-refractivity contribution in [2.45, 2.75) is 19.6 Å². The van der Waals surface area contributed by atoms with Gasteiger partial charge in [-0.1, -0.05) is 6.07 Å². The summed E-state index contributed by atoms with van der Waals surface area (Å²) in [6.07, 6.45) is 3.73. The Hall–Kier alpha value is -2.39. The van der Waals surface area contributed by atoms with Crippen LogP contribution in [0.4, 0.5) is 10.1 Å². The van der Waals surface area contributed by atoms with E-state index in [0.717, 1.165) is 5.56 Å². The first-order valence-corrected chi connectivity index (χ1v) is 7.21. The molecule has 0 unspecified atom stereocenters. The third-order valence-electron chi connectivity index (χ3n) is 3.74. The van der Waals surface area contributed by atoms with Gasteiger partial charge in [0.05, 0.1) is 31.1 Å². The van der Waals surface area contributed by atoms with E-state index in [0.29, 0.717) is 31.9 Å². The van der Waals surface area contributed by atoms with Crippen LogP contribution in [0.5, 0.6) is 0 Å². The van der Waals surface area contributed by atoms with Crippen molar-refractivity contribution in [1.29, 1.82) is 5.26 Å². The molecule has 22 heavy (non-hydrogen) atoms. The van der Waals surface area contributed by atoms with E-state index in [-0.39, 0.29) is 11.7 Å². The lowest BCUT2D eigenvalue weighted by atomic mass is 10.1. The number of ether oxygens (including phenoxy) is 1. The first-order chi connectivity index (χ1) is 10.7. The van der Waals surface area contributed by atoms with Gasteiger partial charge < -0.3 is 9.64 Å². The van der Waals surface area contributed by atoms with E-state index in [4.69, 9.17) is 4.74 Å². The van der Waals surface area contributed by atoms with E-state index in [1.54, 1.807) is 18.3 Å². The van der Waals surface area contributed by atoms with Gasteiger partial charge in [0, 0.05) is 19.3 Å². The smallest absolute Gasteiger partial charge is 0.143 e. The second kappa shape index (κ2) is 6.16. The summed E-state index contributed by atoms with van der Waals surface area (Å²) in [7, 11) is 0. The zero-order chi connectivity index (χ0) is 15.5. The van der Waals surface area contributed by atoms with Gasteiger partial charge in [-0.15, -0.1) is 0 Å². The van der Waals surface area contributed by atoms with Gasteiger partial charge in [-0.05, 0) is 24.6 Å². The van der Waals surface area contributed by atoms with E-state index in [2.05, 4.69) is 5.10 Å². The molecule has 1 atom stereocenters. The Morgan fingerprint density at radius 3 is 3.09 bits per heavy atom. The summed E-state index contributed by atoms with van der Waals surface area (Å²) in [5, 5.41) is 13.4. The fourth-order valence-electron chi connectivity index (χ4n) is 2.71. The van der Waals surface area contributed by atoms with Crippen LogP contribution in [0.15, 0.2) is 30.6 Å². The van der Waals surface area contributed by atoms with Gasteiger partial charge in [-0.25, -0.2) is 4.39 Å². The largest absolute Gasteiger partial charge is 0.373 e. The molecular weight excluding hydrogens is 283 g/mol. The van der Waals surface area contributed by atoms with Crippen LogP contribution in [0.2, 0.25) is 0 Å². The highest BCUT2D eigenvalue weighted by atomic mass is 19.1. The second-order valence-electron chi connectivity index (χ2n) is 5.42. The molecule has 0 radical (unpaired) electrons. The number of hydrogen-bond donors (Lipinski definition) is 0. The first kappa shape index (κ1) is 14.5. The number of anilines is 1. The fraction of sp³-hybridized carbons (Fsp3) is 0.375. The average molecular weight is 300 g/mol. The van der Waals surface area contributed by atoms with Gasteiger partial charge in [-0.2, -0.15) is 10.4 Å². The predicted octanol–water partition coefficient (Wildman–Crippen LogP) is 2.11. The van der Waals surface area contributed by atoms with Crippen LogP contribution in [0.3, 0.4) is 0 Å². The van der Waals surface area contributed by atoms with E-state index >= 15 is 0 Å². The van der Waals surface area contributed by atoms with Crippen LogP contribution >= 0.6 is 0 Å². The monoisotopic (exact) mass is 300 g/mol. The van der Waals surface area contributed by atoms with Gasteiger partial charge in [-0.3, -0.25) is 4.68 Å². The molecule has 1 saturated heterocycles. The summed E-state index contributed by atoms with van der Waals surface area (Å²) in [4.78, 5) is 2.01. The highest BCUT2D eigenvalue weighted by molar-refractivity contribution is 5.60. The molecule has 1 fully saturated rings. The molecule has 0 aliphatic carbocycles. The SMILES string of the molecule is Cc1cnn(C[C@@H]2CN(c3cccc(F)c3C#N)CCO2)c1. The van der Waals surface area contributed by atoms with Gasteiger partial charge >= 0.3 is 0 Å². The molecule has 3 rings (SSSR count). The lowest BCUT2D eigenvalue weighted by molar-refractivity contribution is 0.0274. The minimum Gasteiger partial charge on any atom is -0.373 e.